The van der Waals surface area contributed by atoms with Crippen LogP contribution in [-0.2, 0) is 4.79 Å². The molecular formula is C20H20ClN3O3S. The summed E-state index contributed by atoms with van der Waals surface area (Å²) in [5.74, 6) is 0.858. The van der Waals surface area contributed by atoms with Gasteiger partial charge in [-0.05, 0) is 43.4 Å². The first-order valence-corrected chi connectivity index (χ1v) is 9.29. The van der Waals surface area contributed by atoms with E-state index in [2.05, 4.69) is 16.0 Å². The maximum absolute atomic E-state index is 13.2. The van der Waals surface area contributed by atoms with Crippen molar-refractivity contribution in [3.63, 3.8) is 0 Å². The number of para-hydroxylation sites is 1. The summed E-state index contributed by atoms with van der Waals surface area (Å²) in [6, 6.07) is 12.0. The lowest BCUT2D eigenvalue weighted by molar-refractivity contribution is -0.113. The molecule has 0 saturated heterocycles. The molecule has 28 heavy (non-hydrogen) atoms. The number of anilines is 1. The molecule has 0 aromatic heterocycles. The minimum Gasteiger partial charge on any atom is -0.496 e. The van der Waals surface area contributed by atoms with Gasteiger partial charge in [-0.3, -0.25) is 4.79 Å². The molecule has 8 heteroatoms. The number of methoxy groups -OCH3 is 2. The molecule has 3 rings (SSSR count). The van der Waals surface area contributed by atoms with Crippen molar-refractivity contribution in [2.45, 2.75) is 13.0 Å². The fourth-order valence-corrected chi connectivity index (χ4v) is 3.54. The van der Waals surface area contributed by atoms with Crippen LogP contribution in [0, 0.1) is 0 Å². The summed E-state index contributed by atoms with van der Waals surface area (Å²) in [4.78, 5) is 13.2. The number of halogens is 1. The summed E-state index contributed by atoms with van der Waals surface area (Å²) in [5, 5.41) is 9.98. The van der Waals surface area contributed by atoms with Gasteiger partial charge in [0, 0.05) is 16.3 Å². The van der Waals surface area contributed by atoms with Crippen LogP contribution in [0.1, 0.15) is 18.5 Å². The molecule has 1 unspecified atom stereocenters. The van der Waals surface area contributed by atoms with Gasteiger partial charge in [0.05, 0.1) is 31.5 Å². The fraction of sp³-hybridized carbons (Fsp3) is 0.200. The van der Waals surface area contributed by atoms with Crippen molar-refractivity contribution in [2.24, 2.45) is 0 Å². The number of hydrogen-bond acceptors (Lipinski definition) is 4. The summed E-state index contributed by atoms with van der Waals surface area (Å²) in [6.07, 6.45) is 0. The Bertz CT molecular complexity index is 961. The molecule has 0 fully saturated rings. The SMILES string of the molecule is COc1ccc(Cl)cc1NC(=O)C1=C(C)NC(=S)NC1c1ccccc1OC. The third kappa shape index (κ3) is 4.05. The molecule has 2 aromatic rings. The lowest BCUT2D eigenvalue weighted by Crippen LogP contribution is -2.45. The Morgan fingerprint density at radius 2 is 1.86 bits per heavy atom. The van der Waals surface area contributed by atoms with E-state index in [1.54, 1.807) is 32.2 Å². The predicted molar refractivity (Wildman–Crippen MR) is 114 cm³/mol. The number of nitrogens with one attached hydrogen (secondary N) is 3. The fourth-order valence-electron chi connectivity index (χ4n) is 3.10. The Kier molecular flexibility index (Phi) is 6.06. The molecule has 1 atom stereocenters. The van der Waals surface area contributed by atoms with E-state index >= 15 is 0 Å². The van der Waals surface area contributed by atoms with Gasteiger partial charge in [-0.2, -0.15) is 0 Å². The van der Waals surface area contributed by atoms with Gasteiger partial charge in [-0.25, -0.2) is 0 Å². The quantitative estimate of drug-likeness (QED) is 0.643. The molecule has 3 N–H and O–H groups in total. The van der Waals surface area contributed by atoms with Gasteiger partial charge >= 0.3 is 0 Å². The Labute approximate surface area is 173 Å². The van der Waals surface area contributed by atoms with Crippen LogP contribution in [0.3, 0.4) is 0 Å². The van der Waals surface area contributed by atoms with Gasteiger partial charge in [-0.15, -0.1) is 0 Å². The lowest BCUT2D eigenvalue weighted by atomic mass is 9.94. The summed E-state index contributed by atoms with van der Waals surface area (Å²) in [5.41, 5.74) is 2.42. The second-order valence-corrected chi connectivity index (χ2v) is 6.96. The van der Waals surface area contributed by atoms with Crippen molar-refractivity contribution < 1.29 is 14.3 Å². The third-order valence-electron chi connectivity index (χ3n) is 4.37. The third-order valence-corrected chi connectivity index (χ3v) is 4.83. The van der Waals surface area contributed by atoms with Gasteiger partial charge in [-0.1, -0.05) is 29.8 Å². The lowest BCUT2D eigenvalue weighted by Gasteiger charge is -2.31. The first-order chi connectivity index (χ1) is 13.4. The molecule has 1 amide bonds. The molecule has 0 spiro atoms. The highest BCUT2D eigenvalue weighted by Gasteiger charge is 2.32. The van der Waals surface area contributed by atoms with Crippen molar-refractivity contribution in [3.05, 3.63) is 64.3 Å². The van der Waals surface area contributed by atoms with Gasteiger partial charge in [0.15, 0.2) is 5.11 Å². The number of thiocarbonyl (C=S) groups is 1. The smallest absolute Gasteiger partial charge is 0.255 e. The highest BCUT2D eigenvalue weighted by atomic mass is 35.5. The number of allylic oxidation sites excluding steroid dienone is 1. The van der Waals surface area contributed by atoms with Crippen LogP contribution in [-0.4, -0.2) is 25.2 Å². The Balaban J connectivity index is 2.01. The van der Waals surface area contributed by atoms with E-state index < -0.39 is 6.04 Å². The maximum atomic E-state index is 13.2. The summed E-state index contributed by atoms with van der Waals surface area (Å²) >= 11 is 11.4. The number of carbonyl (C=O) groups is 1. The van der Waals surface area contributed by atoms with Crippen LogP contribution in [0.4, 0.5) is 5.69 Å². The molecule has 0 bridgehead atoms. The van der Waals surface area contributed by atoms with Gasteiger partial charge in [0.2, 0.25) is 0 Å². The van der Waals surface area contributed by atoms with E-state index in [0.717, 1.165) is 5.56 Å². The zero-order chi connectivity index (χ0) is 20.3. The molecule has 1 aliphatic heterocycles. The molecule has 0 saturated carbocycles. The van der Waals surface area contributed by atoms with Crippen molar-refractivity contribution in [1.82, 2.24) is 10.6 Å². The van der Waals surface area contributed by atoms with Crippen LogP contribution in [0.5, 0.6) is 11.5 Å². The average Bonchev–Trinajstić information content (AvgIpc) is 2.67. The highest BCUT2D eigenvalue weighted by Crippen LogP contribution is 2.34. The Hall–Kier alpha value is -2.77. The normalized spacial score (nSPS) is 16.1. The first kappa shape index (κ1) is 20.0. The van der Waals surface area contributed by atoms with Crippen molar-refractivity contribution in [1.29, 1.82) is 0 Å². The number of carbonyl (C=O) groups excluding carboxylic acids is 1. The highest BCUT2D eigenvalue weighted by molar-refractivity contribution is 7.80. The molecule has 1 heterocycles. The Morgan fingerprint density at radius 1 is 1.14 bits per heavy atom. The predicted octanol–water partition coefficient (Wildman–Crippen LogP) is 3.79. The minimum atomic E-state index is -0.477. The van der Waals surface area contributed by atoms with Crippen LogP contribution in [0.15, 0.2) is 53.7 Å². The summed E-state index contributed by atoms with van der Waals surface area (Å²) in [6.45, 7) is 1.81. The summed E-state index contributed by atoms with van der Waals surface area (Å²) in [7, 11) is 3.12. The summed E-state index contributed by atoms with van der Waals surface area (Å²) < 4.78 is 10.8. The largest absolute Gasteiger partial charge is 0.496 e. The number of benzene rings is 2. The van der Waals surface area contributed by atoms with E-state index in [4.69, 9.17) is 33.3 Å². The van der Waals surface area contributed by atoms with Crippen molar-refractivity contribution in [2.75, 3.05) is 19.5 Å². The van der Waals surface area contributed by atoms with Crippen LogP contribution < -0.4 is 25.4 Å². The minimum absolute atomic E-state index is 0.309. The number of hydrogen-bond donors (Lipinski definition) is 3. The van der Waals surface area contributed by atoms with Gasteiger partial charge in [0.25, 0.3) is 5.91 Å². The molecule has 146 valence electrons. The van der Waals surface area contributed by atoms with Crippen LogP contribution in [0.2, 0.25) is 5.02 Å². The van der Waals surface area contributed by atoms with E-state index in [-0.39, 0.29) is 5.91 Å². The molecule has 1 aliphatic rings. The number of rotatable bonds is 5. The van der Waals surface area contributed by atoms with Gasteiger partial charge < -0.3 is 25.4 Å². The topological polar surface area (TPSA) is 71.6 Å². The second kappa shape index (κ2) is 8.50. The second-order valence-electron chi connectivity index (χ2n) is 6.11. The number of ether oxygens (including phenoxy) is 2. The van der Waals surface area contributed by atoms with Crippen molar-refractivity contribution >= 4 is 40.5 Å². The van der Waals surface area contributed by atoms with Crippen LogP contribution in [0.25, 0.3) is 0 Å². The maximum Gasteiger partial charge on any atom is 0.255 e. The first-order valence-electron chi connectivity index (χ1n) is 8.50. The van der Waals surface area contributed by atoms with Crippen molar-refractivity contribution in [3.8, 4) is 11.5 Å². The number of amides is 1. The molecule has 0 radical (unpaired) electrons. The zero-order valence-corrected chi connectivity index (χ0v) is 17.2. The van der Waals surface area contributed by atoms with E-state index in [1.165, 1.54) is 7.11 Å². The molecule has 6 nitrogen and oxygen atoms in total. The van der Waals surface area contributed by atoms with Crippen LogP contribution >= 0.6 is 23.8 Å². The molecule has 2 aromatic carbocycles. The Morgan fingerprint density at radius 3 is 2.57 bits per heavy atom. The average molecular weight is 418 g/mol. The molecular weight excluding hydrogens is 398 g/mol. The molecule has 0 aliphatic carbocycles. The van der Waals surface area contributed by atoms with Gasteiger partial charge in [0.1, 0.15) is 11.5 Å². The van der Waals surface area contributed by atoms with E-state index in [0.29, 0.717) is 38.6 Å². The van der Waals surface area contributed by atoms with E-state index in [9.17, 15) is 4.79 Å². The van der Waals surface area contributed by atoms with E-state index in [1.807, 2.05) is 24.3 Å². The monoisotopic (exact) mass is 417 g/mol. The standard InChI is InChI=1S/C20H20ClN3O3S/c1-11-17(19(25)23-14-10-12(21)8-9-16(14)27-3)18(24-20(28)22-11)13-6-4-5-7-15(13)26-2/h4-10,18H,1-3H3,(H,23,25)(H2,22,24,28). The zero-order valence-electron chi connectivity index (χ0n) is 15.6.